The lowest BCUT2D eigenvalue weighted by atomic mass is 10.0. The first kappa shape index (κ1) is 9.60. The van der Waals surface area contributed by atoms with Crippen molar-refractivity contribution in [3.05, 3.63) is 53.0 Å². The molecule has 0 radical (unpaired) electrons. The van der Waals surface area contributed by atoms with Crippen molar-refractivity contribution in [1.82, 2.24) is 0 Å². The van der Waals surface area contributed by atoms with E-state index < -0.39 is 0 Å². The molecule has 72 valence electrons. The highest BCUT2D eigenvalue weighted by atomic mass is 32.2. The van der Waals surface area contributed by atoms with Gasteiger partial charge in [-0.05, 0) is 29.9 Å². The Labute approximate surface area is 89.7 Å². The van der Waals surface area contributed by atoms with Crippen LogP contribution in [0.25, 0.3) is 5.57 Å². The second-order valence-corrected chi connectivity index (χ2v) is 5.11. The van der Waals surface area contributed by atoms with E-state index in [-0.39, 0.29) is 0 Å². The highest BCUT2D eigenvalue weighted by Gasteiger charge is 2.14. The van der Waals surface area contributed by atoms with Gasteiger partial charge in [-0.2, -0.15) is 0 Å². The van der Waals surface area contributed by atoms with Crippen LogP contribution in [-0.4, -0.2) is 5.25 Å². The minimum atomic E-state index is 0.572. The van der Waals surface area contributed by atoms with Crippen molar-refractivity contribution in [3.8, 4) is 0 Å². The van der Waals surface area contributed by atoms with E-state index in [0.717, 1.165) is 0 Å². The number of thioether (sulfide) groups is 1. The molecule has 1 heterocycles. The van der Waals surface area contributed by atoms with Crippen LogP contribution in [-0.2, 0) is 0 Å². The number of rotatable bonds is 1. The summed E-state index contributed by atoms with van der Waals surface area (Å²) in [7, 11) is 0. The maximum Gasteiger partial charge on any atom is 0.0318 e. The first-order valence-corrected chi connectivity index (χ1v) is 5.76. The molecule has 0 fully saturated rings. The predicted octanol–water partition coefficient (Wildman–Crippen LogP) is 4.11. The third-order valence-electron chi connectivity index (χ3n) is 2.41. The smallest absolute Gasteiger partial charge is 0.0318 e. The Morgan fingerprint density at radius 3 is 2.43 bits per heavy atom. The van der Waals surface area contributed by atoms with Crippen LogP contribution in [0.5, 0.6) is 0 Å². The van der Waals surface area contributed by atoms with E-state index in [1.54, 1.807) is 0 Å². The summed E-state index contributed by atoms with van der Waals surface area (Å²) in [6.45, 7) is 4.43. The van der Waals surface area contributed by atoms with Gasteiger partial charge in [-0.15, -0.1) is 11.8 Å². The molecule has 1 aromatic carbocycles. The van der Waals surface area contributed by atoms with Crippen molar-refractivity contribution < 1.29 is 0 Å². The van der Waals surface area contributed by atoms with Crippen LogP contribution in [0.1, 0.15) is 19.4 Å². The number of benzene rings is 1. The fourth-order valence-electron chi connectivity index (χ4n) is 1.69. The molecule has 0 bridgehead atoms. The molecule has 2 rings (SSSR count). The lowest BCUT2D eigenvalue weighted by Crippen LogP contribution is -2.03. The van der Waals surface area contributed by atoms with Crippen molar-refractivity contribution in [1.29, 1.82) is 0 Å². The van der Waals surface area contributed by atoms with Crippen LogP contribution in [0.2, 0.25) is 0 Å². The van der Waals surface area contributed by atoms with E-state index in [2.05, 4.69) is 56.3 Å². The Morgan fingerprint density at radius 1 is 1.07 bits per heavy atom. The molecular weight excluding hydrogens is 188 g/mol. The van der Waals surface area contributed by atoms with Gasteiger partial charge in [-0.25, -0.2) is 0 Å². The van der Waals surface area contributed by atoms with E-state index in [1.165, 1.54) is 16.0 Å². The minimum Gasteiger partial charge on any atom is -0.123 e. The largest absolute Gasteiger partial charge is 0.123 e. The Balaban J connectivity index is 2.35. The fourth-order valence-corrected chi connectivity index (χ4v) is 2.73. The van der Waals surface area contributed by atoms with Crippen LogP contribution in [0.4, 0.5) is 0 Å². The maximum absolute atomic E-state index is 2.26. The van der Waals surface area contributed by atoms with E-state index in [4.69, 9.17) is 0 Å². The molecular formula is C13H14S. The first-order valence-electron chi connectivity index (χ1n) is 4.88. The summed E-state index contributed by atoms with van der Waals surface area (Å²) >= 11 is 1.94. The van der Waals surface area contributed by atoms with Crippen molar-refractivity contribution in [2.75, 3.05) is 0 Å². The van der Waals surface area contributed by atoms with E-state index in [0.29, 0.717) is 5.25 Å². The van der Waals surface area contributed by atoms with Crippen LogP contribution in [0, 0.1) is 0 Å². The zero-order valence-corrected chi connectivity index (χ0v) is 9.34. The molecule has 0 nitrogen and oxygen atoms in total. The van der Waals surface area contributed by atoms with Gasteiger partial charge in [0.2, 0.25) is 0 Å². The fraction of sp³-hybridized carbons (Fsp3) is 0.231. The number of hydrogen-bond acceptors (Lipinski definition) is 1. The molecule has 1 aromatic rings. The molecule has 0 unspecified atom stereocenters. The van der Waals surface area contributed by atoms with E-state index in [9.17, 15) is 0 Å². The van der Waals surface area contributed by atoms with Gasteiger partial charge in [0.15, 0.2) is 0 Å². The maximum atomic E-state index is 2.26. The van der Waals surface area contributed by atoms with Crippen molar-refractivity contribution >= 4 is 17.3 Å². The Hall–Kier alpha value is -0.950. The lowest BCUT2D eigenvalue weighted by molar-refractivity contribution is 1.25. The monoisotopic (exact) mass is 202 g/mol. The third-order valence-corrected chi connectivity index (χ3v) is 3.52. The van der Waals surface area contributed by atoms with Gasteiger partial charge >= 0.3 is 0 Å². The third kappa shape index (κ3) is 1.93. The predicted molar refractivity (Wildman–Crippen MR) is 65.2 cm³/mol. The van der Waals surface area contributed by atoms with Gasteiger partial charge in [-0.3, -0.25) is 0 Å². The van der Waals surface area contributed by atoms with Crippen LogP contribution >= 0.6 is 11.8 Å². The van der Waals surface area contributed by atoms with Gasteiger partial charge in [0.05, 0.1) is 0 Å². The molecule has 1 heteroatoms. The Bertz CT molecular complexity index is 373. The van der Waals surface area contributed by atoms with E-state index >= 15 is 0 Å². The summed E-state index contributed by atoms with van der Waals surface area (Å²) in [6.07, 6.45) is 4.44. The standard InChI is InChI=1S/C13H14S/c1-10-8-9-13(11(2)14-10)12-6-4-3-5-7-12/h3-9,11H,1-2H3/t11-/m1/s1. The van der Waals surface area contributed by atoms with Gasteiger partial charge < -0.3 is 0 Å². The summed E-state index contributed by atoms with van der Waals surface area (Å²) in [5.41, 5.74) is 2.78. The average Bonchev–Trinajstić information content (AvgIpc) is 2.19. The highest BCUT2D eigenvalue weighted by Crippen LogP contribution is 2.35. The SMILES string of the molecule is CC1=CC=C(c2ccccc2)[C@@H](C)S1. The summed E-state index contributed by atoms with van der Waals surface area (Å²) in [6, 6.07) is 10.6. The molecule has 1 aliphatic heterocycles. The highest BCUT2D eigenvalue weighted by molar-refractivity contribution is 8.04. The van der Waals surface area contributed by atoms with Crippen molar-refractivity contribution in [3.63, 3.8) is 0 Å². The molecule has 0 N–H and O–H groups in total. The molecule has 1 atom stereocenters. The molecule has 0 saturated heterocycles. The minimum absolute atomic E-state index is 0.572. The van der Waals surface area contributed by atoms with Crippen molar-refractivity contribution in [2.45, 2.75) is 19.1 Å². The van der Waals surface area contributed by atoms with Gasteiger partial charge in [0.1, 0.15) is 0 Å². The van der Waals surface area contributed by atoms with Crippen LogP contribution < -0.4 is 0 Å². The zero-order valence-electron chi connectivity index (χ0n) is 8.53. The normalized spacial score (nSPS) is 21.4. The molecule has 0 saturated carbocycles. The van der Waals surface area contributed by atoms with Crippen LogP contribution in [0.15, 0.2) is 47.4 Å². The van der Waals surface area contributed by atoms with Gasteiger partial charge in [0, 0.05) is 5.25 Å². The molecule has 1 aliphatic rings. The van der Waals surface area contributed by atoms with Crippen molar-refractivity contribution in [2.24, 2.45) is 0 Å². The Morgan fingerprint density at radius 2 is 1.79 bits per heavy atom. The number of hydrogen-bond donors (Lipinski definition) is 0. The molecule has 0 spiro atoms. The number of allylic oxidation sites excluding steroid dienone is 3. The summed E-state index contributed by atoms with van der Waals surface area (Å²) in [5, 5.41) is 0.572. The van der Waals surface area contributed by atoms with Crippen LogP contribution in [0.3, 0.4) is 0 Å². The topological polar surface area (TPSA) is 0 Å². The summed E-state index contributed by atoms with van der Waals surface area (Å²) in [5.74, 6) is 0. The second kappa shape index (κ2) is 4.05. The average molecular weight is 202 g/mol. The second-order valence-electron chi connectivity index (χ2n) is 3.53. The summed E-state index contributed by atoms with van der Waals surface area (Å²) in [4.78, 5) is 1.40. The van der Waals surface area contributed by atoms with Gasteiger partial charge in [0.25, 0.3) is 0 Å². The van der Waals surface area contributed by atoms with E-state index in [1.807, 2.05) is 11.8 Å². The quantitative estimate of drug-likeness (QED) is 0.660. The first-order chi connectivity index (χ1) is 6.77. The lowest BCUT2D eigenvalue weighted by Gasteiger charge is -2.19. The molecule has 0 amide bonds. The summed E-state index contributed by atoms with van der Waals surface area (Å²) < 4.78 is 0. The Kier molecular flexibility index (Phi) is 2.78. The molecule has 0 aromatic heterocycles. The van der Waals surface area contributed by atoms with Gasteiger partial charge in [-0.1, -0.05) is 42.5 Å². The zero-order chi connectivity index (χ0) is 9.97. The molecule has 14 heavy (non-hydrogen) atoms. The molecule has 0 aliphatic carbocycles.